The quantitative estimate of drug-likeness (QED) is 0.363. The molecule has 0 radical (unpaired) electrons. The molecule has 4 aromatic rings. The van der Waals surface area contributed by atoms with Crippen molar-refractivity contribution in [3.63, 3.8) is 0 Å². The number of rotatable bonds is 6. The molecule has 150 valence electrons. The first kappa shape index (κ1) is 19.1. The minimum Gasteiger partial charge on any atom is -0.489 e. The Morgan fingerprint density at radius 2 is 1.83 bits per heavy atom. The lowest BCUT2D eigenvalue weighted by Crippen LogP contribution is -2.12. The number of ether oxygens (including phenoxy) is 1. The smallest absolute Gasteiger partial charge is 0.269 e. The van der Waals surface area contributed by atoms with E-state index in [2.05, 4.69) is 15.5 Å². The maximum Gasteiger partial charge on any atom is 0.269 e. The molecule has 0 bridgehead atoms. The van der Waals surface area contributed by atoms with E-state index in [4.69, 9.17) is 4.74 Å². The number of nitro benzene ring substituents is 1. The van der Waals surface area contributed by atoms with Crippen LogP contribution in [-0.2, 0) is 6.61 Å². The minimum atomic E-state index is -0.459. The number of carbonyl (C=O) groups is 1. The van der Waals surface area contributed by atoms with Gasteiger partial charge in [0.05, 0.1) is 10.4 Å². The molecule has 0 unspecified atom stereocenters. The lowest BCUT2D eigenvalue weighted by atomic mass is 10.2. The number of nitrogens with one attached hydrogen (secondary N) is 2. The number of halogens is 1. The average Bonchev–Trinajstić information content (AvgIpc) is 3.15. The molecule has 0 saturated heterocycles. The van der Waals surface area contributed by atoms with Gasteiger partial charge in [-0.1, -0.05) is 0 Å². The average molecular weight is 406 g/mol. The number of nitrogens with zero attached hydrogens (tertiary/aromatic N) is 2. The third-order valence-electron chi connectivity index (χ3n) is 4.43. The number of carbonyl (C=O) groups excluding carboxylic acids is 1. The zero-order valence-corrected chi connectivity index (χ0v) is 15.5. The molecular weight excluding hydrogens is 391 g/mol. The Balaban J connectivity index is 1.48. The van der Waals surface area contributed by atoms with E-state index in [9.17, 15) is 19.3 Å². The van der Waals surface area contributed by atoms with E-state index in [1.807, 2.05) is 0 Å². The van der Waals surface area contributed by atoms with Gasteiger partial charge in [-0.2, -0.15) is 5.10 Å². The van der Waals surface area contributed by atoms with E-state index >= 15 is 0 Å². The minimum absolute atomic E-state index is 0.0140. The summed E-state index contributed by atoms with van der Waals surface area (Å²) in [6, 6.07) is 16.5. The standard InChI is InChI=1S/C21H15FN4O4/c22-15-5-3-14(4-6-15)21(27)23-20-18-11-17(9-10-19(18)24-25-20)30-12-13-1-7-16(8-2-13)26(28)29/h1-11H,12H2,(H2,23,24,25,27). The van der Waals surface area contributed by atoms with E-state index in [1.54, 1.807) is 30.3 Å². The highest BCUT2D eigenvalue weighted by Crippen LogP contribution is 2.26. The molecular formula is C21H15FN4O4. The fourth-order valence-electron chi connectivity index (χ4n) is 2.84. The van der Waals surface area contributed by atoms with Crippen LogP contribution in [-0.4, -0.2) is 21.0 Å². The highest BCUT2D eigenvalue weighted by atomic mass is 19.1. The summed E-state index contributed by atoms with van der Waals surface area (Å²) in [7, 11) is 0. The van der Waals surface area contributed by atoms with Crippen LogP contribution in [0.2, 0.25) is 0 Å². The fourth-order valence-corrected chi connectivity index (χ4v) is 2.84. The van der Waals surface area contributed by atoms with Crippen LogP contribution in [0.5, 0.6) is 5.75 Å². The van der Waals surface area contributed by atoms with Gasteiger partial charge in [-0.15, -0.1) is 0 Å². The number of benzene rings is 3. The number of amides is 1. The van der Waals surface area contributed by atoms with Crippen molar-refractivity contribution in [2.24, 2.45) is 0 Å². The van der Waals surface area contributed by atoms with Crippen molar-refractivity contribution >= 4 is 28.3 Å². The summed E-state index contributed by atoms with van der Waals surface area (Å²) < 4.78 is 18.8. The Labute approximate surface area is 169 Å². The van der Waals surface area contributed by atoms with E-state index in [-0.39, 0.29) is 12.3 Å². The van der Waals surface area contributed by atoms with Crippen molar-refractivity contribution in [2.45, 2.75) is 6.61 Å². The molecule has 1 aromatic heterocycles. The Morgan fingerprint density at radius 3 is 2.53 bits per heavy atom. The lowest BCUT2D eigenvalue weighted by Gasteiger charge is -2.07. The third-order valence-corrected chi connectivity index (χ3v) is 4.43. The van der Waals surface area contributed by atoms with Crippen molar-refractivity contribution in [1.29, 1.82) is 0 Å². The molecule has 1 heterocycles. The van der Waals surface area contributed by atoms with Crippen molar-refractivity contribution < 1.29 is 18.8 Å². The molecule has 0 saturated carbocycles. The molecule has 0 aliphatic heterocycles. The molecule has 4 rings (SSSR count). The van der Waals surface area contributed by atoms with Crippen LogP contribution in [0.3, 0.4) is 0 Å². The largest absolute Gasteiger partial charge is 0.489 e. The van der Waals surface area contributed by atoms with Gasteiger partial charge in [0.25, 0.3) is 11.6 Å². The summed E-state index contributed by atoms with van der Waals surface area (Å²) in [5.41, 5.74) is 1.79. The Hall–Kier alpha value is -4.27. The summed E-state index contributed by atoms with van der Waals surface area (Å²) >= 11 is 0. The maximum atomic E-state index is 13.0. The molecule has 9 heteroatoms. The van der Waals surface area contributed by atoms with Crippen molar-refractivity contribution in [2.75, 3.05) is 5.32 Å². The molecule has 0 atom stereocenters. The molecule has 1 amide bonds. The van der Waals surface area contributed by atoms with Gasteiger partial charge in [0.15, 0.2) is 5.82 Å². The van der Waals surface area contributed by atoms with Crippen LogP contribution < -0.4 is 10.1 Å². The Kier molecular flexibility index (Phi) is 5.08. The zero-order valence-electron chi connectivity index (χ0n) is 15.5. The molecule has 2 N–H and O–H groups in total. The van der Waals surface area contributed by atoms with Crippen LogP contribution in [0.1, 0.15) is 15.9 Å². The predicted octanol–water partition coefficient (Wildman–Crippen LogP) is 4.44. The third kappa shape index (κ3) is 4.09. The second-order valence-electron chi connectivity index (χ2n) is 6.45. The molecule has 0 spiro atoms. The van der Waals surface area contributed by atoms with Crippen LogP contribution in [0.15, 0.2) is 66.7 Å². The molecule has 0 aliphatic rings. The van der Waals surface area contributed by atoms with E-state index in [0.717, 1.165) is 5.56 Å². The van der Waals surface area contributed by atoms with Gasteiger partial charge >= 0.3 is 0 Å². The van der Waals surface area contributed by atoms with E-state index in [0.29, 0.717) is 28.0 Å². The van der Waals surface area contributed by atoms with Gasteiger partial charge in [-0.25, -0.2) is 4.39 Å². The summed E-state index contributed by atoms with van der Waals surface area (Å²) in [6.45, 7) is 0.221. The number of hydrogen-bond acceptors (Lipinski definition) is 5. The van der Waals surface area contributed by atoms with Gasteiger partial charge in [0.2, 0.25) is 0 Å². The van der Waals surface area contributed by atoms with Gasteiger partial charge in [0.1, 0.15) is 18.2 Å². The van der Waals surface area contributed by atoms with Crippen LogP contribution in [0, 0.1) is 15.9 Å². The number of anilines is 1. The predicted molar refractivity (Wildman–Crippen MR) is 108 cm³/mol. The van der Waals surface area contributed by atoms with E-state index in [1.165, 1.54) is 36.4 Å². The zero-order chi connectivity index (χ0) is 21.1. The molecule has 30 heavy (non-hydrogen) atoms. The van der Waals surface area contributed by atoms with Gasteiger partial charge in [0, 0.05) is 23.1 Å². The first-order chi connectivity index (χ1) is 14.5. The lowest BCUT2D eigenvalue weighted by molar-refractivity contribution is -0.384. The molecule has 0 fully saturated rings. The summed E-state index contributed by atoms with van der Waals surface area (Å²) in [4.78, 5) is 22.6. The fraction of sp³-hybridized carbons (Fsp3) is 0.0476. The first-order valence-electron chi connectivity index (χ1n) is 8.91. The molecule has 8 nitrogen and oxygen atoms in total. The van der Waals surface area contributed by atoms with E-state index < -0.39 is 16.6 Å². The number of aromatic amines is 1. The second kappa shape index (κ2) is 8.00. The first-order valence-corrected chi connectivity index (χ1v) is 8.91. The van der Waals surface area contributed by atoms with Gasteiger partial charge in [-0.05, 0) is 60.2 Å². The molecule has 0 aliphatic carbocycles. The number of non-ortho nitro benzene ring substituents is 1. The highest BCUT2D eigenvalue weighted by molar-refractivity contribution is 6.07. The number of nitro groups is 1. The number of hydrogen-bond donors (Lipinski definition) is 2. The highest BCUT2D eigenvalue weighted by Gasteiger charge is 2.12. The second-order valence-corrected chi connectivity index (χ2v) is 6.45. The Bertz CT molecular complexity index is 1220. The van der Waals surface area contributed by atoms with Crippen LogP contribution in [0.25, 0.3) is 10.9 Å². The van der Waals surface area contributed by atoms with Crippen molar-refractivity contribution in [3.8, 4) is 5.75 Å². The summed E-state index contributed by atoms with van der Waals surface area (Å²) in [6.07, 6.45) is 0. The summed E-state index contributed by atoms with van der Waals surface area (Å²) in [5.74, 6) is 0.0202. The van der Waals surface area contributed by atoms with Crippen molar-refractivity contribution in [3.05, 3.63) is 93.8 Å². The number of H-pyrrole nitrogens is 1. The topological polar surface area (TPSA) is 110 Å². The number of aromatic nitrogens is 2. The van der Waals surface area contributed by atoms with Crippen molar-refractivity contribution in [1.82, 2.24) is 10.2 Å². The monoisotopic (exact) mass is 406 g/mol. The summed E-state index contributed by atoms with van der Waals surface area (Å²) in [5, 5.41) is 21.0. The number of fused-ring (bicyclic) bond motifs is 1. The molecule has 3 aromatic carbocycles. The normalized spacial score (nSPS) is 10.7. The SMILES string of the molecule is O=C(Nc1n[nH]c2ccc(OCc3ccc([N+](=O)[O-])cc3)cc12)c1ccc(F)cc1. The maximum absolute atomic E-state index is 13.0. The Morgan fingerprint density at radius 1 is 1.10 bits per heavy atom. The van der Waals surface area contributed by atoms with Gasteiger partial charge in [-0.3, -0.25) is 20.0 Å². The van der Waals surface area contributed by atoms with Crippen LogP contribution >= 0.6 is 0 Å². The van der Waals surface area contributed by atoms with Gasteiger partial charge < -0.3 is 10.1 Å². The van der Waals surface area contributed by atoms with Crippen LogP contribution in [0.4, 0.5) is 15.9 Å².